The summed E-state index contributed by atoms with van der Waals surface area (Å²) < 4.78 is 120. The maximum atomic E-state index is 12.7. The highest BCUT2D eigenvalue weighted by Gasteiger charge is 2.65. The SMILES string of the molecule is CC[N+]1(C)CCCC1C(=O)N(S(=O)(=O)C(F)(F)F)S(=O)(=O)C(F)(F)F. The average molecular weight is 421 g/mol. The van der Waals surface area contributed by atoms with Gasteiger partial charge in [0.05, 0.1) is 20.1 Å². The van der Waals surface area contributed by atoms with Crippen LogP contribution in [0.3, 0.4) is 0 Å². The van der Waals surface area contributed by atoms with E-state index in [0.717, 1.165) is 0 Å². The summed E-state index contributed by atoms with van der Waals surface area (Å²) in [6, 6.07) is -1.67. The summed E-state index contributed by atoms with van der Waals surface area (Å²) in [5, 5.41) is 0. The first-order valence-corrected chi connectivity index (χ1v) is 9.62. The van der Waals surface area contributed by atoms with Crippen LogP contribution in [0.15, 0.2) is 0 Å². The molecule has 1 saturated heterocycles. The van der Waals surface area contributed by atoms with Gasteiger partial charge in [0.1, 0.15) is 0 Å². The average Bonchev–Trinajstić information content (AvgIpc) is 2.78. The summed E-state index contributed by atoms with van der Waals surface area (Å²) in [7, 11) is -12.9. The van der Waals surface area contributed by atoms with Gasteiger partial charge in [-0.3, -0.25) is 4.79 Å². The predicted octanol–water partition coefficient (Wildman–Crippen LogP) is 1.14. The van der Waals surface area contributed by atoms with Gasteiger partial charge >= 0.3 is 37.0 Å². The van der Waals surface area contributed by atoms with Crippen molar-refractivity contribution < 1.29 is 52.5 Å². The summed E-state index contributed by atoms with van der Waals surface area (Å²) in [4.78, 5) is 12.3. The van der Waals surface area contributed by atoms with Crippen molar-refractivity contribution in [3.63, 3.8) is 0 Å². The molecule has 7 nitrogen and oxygen atoms in total. The van der Waals surface area contributed by atoms with E-state index in [9.17, 15) is 48.0 Å². The van der Waals surface area contributed by atoms with Crippen molar-refractivity contribution in [3.8, 4) is 0 Å². The zero-order chi connectivity index (χ0) is 20.1. The predicted molar refractivity (Wildman–Crippen MR) is 71.4 cm³/mol. The van der Waals surface area contributed by atoms with E-state index in [1.54, 1.807) is 0 Å². The van der Waals surface area contributed by atoms with Crippen molar-refractivity contribution >= 4 is 26.0 Å². The molecule has 0 spiro atoms. The molecule has 15 heteroatoms. The Balaban J connectivity index is 3.63. The molecule has 0 N–H and O–H groups in total. The van der Waals surface area contributed by atoms with Gasteiger partial charge in [0.25, 0.3) is 0 Å². The Morgan fingerprint density at radius 3 is 1.76 bits per heavy atom. The van der Waals surface area contributed by atoms with Crippen molar-refractivity contribution in [3.05, 3.63) is 0 Å². The molecule has 0 saturated carbocycles. The summed E-state index contributed by atoms with van der Waals surface area (Å²) in [5.41, 5.74) is -12.8. The number of quaternary nitrogens is 1. The van der Waals surface area contributed by atoms with Gasteiger partial charge in [-0.1, -0.05) is 0 Å². The topological polar surface area (TPSA) is 88.6 Å². The second-order valence-corrected chi connectivity index (χ2v) is 9.40. The number of rotatable bonds is 4. The van der Waals surface area contributed by atoms with Crippen LogP contribution >= 0.6 is 0 Å². The number of amides is 1. The molecular formula is C10H15F6N2O5S2+. The molecule has 1 fully saturated rings. The molecule has 148 valence electrons. The van der Waals surface area contributed by atoms with E-state index in [-0.39, 0.29) is 30.4 Å². The Bertz CT molecular complexity index is 701. The second kappa shape index (κ2) is 6.26. The van der Waals surface area contributed by atoms with Gasteiger partial charge in [0, 0.05) is 12.8 Å². The highest BCUT2D eigenvalue weighted by atomic mass is 32.3. The molecule has 1 aliphatic heterocycles. The van der Waals surface area contributed by atoms with Gasteiger partial charge in [-0.05, 0) is 6.92 Å². The molecule has 1 rings (SSSR count). The van der Waals surface area contributed by atoms with Crippen LogP contribution < -0.4 is 0 Å². The van der Waals surface area contributed by atoms with Gasteiger partial charge in [-0.2, -0.15) is 43.2 Å². The van der Waals surface area contributed by atoms with E-state index in [0.29, 0.717) is 0 Å². The summed E-state index contributed by atoms with van der Waals surface area (Å²) in [6.07, 6.45) is -0.0485. The van der Waals surface area contributed by atoms with Gasteiger partial charge in [-0.25, -0.2) is 0 Å². The van der Waals surface area contributed by atoms with Crippen molar-refractivity contribution in [2.24, 2.45) is 0 Å². The zero-order valence-corrected chi connectivity index (χ0v) is 14.6. The van der Waals surface area contributed by atoms with Crippen LogP contribution in [0.25, 0.3) is 0 Å². The molecule has 1 aliphatic rings. The van der Waals surface area contributed by atoms with Crippen LogP contribution in [0.2, 0.25) is 0 Å². The first kappa shape index (κ1) is 22.0. The lowest BCUT2D eigenvalue weighted by molar-refractivity contribution is -0.910. The molecule has 0 aliphatic carbocycles. The molecule has 0 bridgehead atoms. The number of halogens is 6. The van der Waals surface area contributed by atoms with E-state index in [4.69, 9.17) is 0 Å². The van der Waals surface area contributed by atoms with Crippen LogP contribution in [0.4, 0.5) is 26.3 Å². The Kier molecular flexibility index (Phi) is 5.50. The van der Waals surface area contributed by atoms with Crippen LogP contribution in [-0.2, 0) is 24.8 Å². The van der Waals surface area contributed by atoms with Gasteiger partial charge in [0.2, 0.25) is 0 Å². The number of hydrogen-bond acceptors (Lipinski definition) is 5. The maximum Gasteiger partial charge on any atom is 0.517 e. The van der Waals surface area contributed by atoms with Crippen molar-refractivity contribution in [2.45, 2.75) is 36.8 Å². The number of carbonyl (C=O) groups is 1. The van der Waals surface area contributed by atoms with Gasteiger partial charge in [0.15, 0.2) is 6.04 Å². The van der Waals surface area contributed by atoms with E-state index < -0.39 is 46.7 Å². The maximum absolute atomic E-state index is 12.7. The first-order chi connectivity index (χ1) is 10.9. The van der Waals surface area contributed by atoms with Crippen molar-refractivity contribution in [2.75, 3.05) is 20.1 Å². The van der Waals surface area contributed by atoms with Crippen LogP contribution in [0.1, 0.15) is 19.8 Å². The van der Waals surface area contributed by atoms with E-state index in [2.05, 4.69) is 0 Å². The molecule has 1 heterocycles. The van der Waals surface area contributed by atoms with Crippen molar-refractivity contribution in [1.29, 1.82) is 0 Å². The monoisotopic (exact) mass is 421 g/mol. The Morgan fingerprint density at radius 1 is 1.04 bits per heavy atom. The third kappa shape index (κ3) is 3.58. The third-order valence-corrected chi connectivity index (χ3v) is 7.69. The molecular weight excluding hydrogens is 406 g/mol. The molecule has 0 aromatic rings. The van der Waals surface area contributed by atoms with E-state index in [1.807, 2.05) is 0 Å². The quantitative estimate of drug-likeness (QED) is 0.502. The fourth-order valence-corrected chi connectivity index (χ4v) is 5.19. The fraction of sp³-hybridized carbons (Fsp3) is 0.900. The molecule has 0 radical (unpaired) electrons. The lowest BCUT2D eigenvalue weighted by Gasteiger charge is -2.36. The second-order valence-electron chi connectivity index (χ2n) is 5.61. The smallest absolute Gasteiger partial charge is 0.316 e. The lowest BCUT2D eigenvalue weighted by atomic mass is 10.2. The molecule has 0 aromatic heterocycles. The number of carbonyl (C=O) groups excluding carboxylic acids is 1. The molecule has 25 heavy (non-hydrogen) atoms. The van der Waals surface area contributed by atoms with Gasteiger partial charge in [-0.15, -0.1) is 3.71 Å². The van der Waals surface area contributed by atoms with Crippen molar-refractivity contribution in [1.82, 2.24) is 3.71 Å². The van der Waals surface area contributed by atoms with Crippen LogP contribution in [0, 0.1) is 0 Å². The lowest BCUT2D eigenvalue weighted by Crippen LogP contribution is -2.60. The minimum Gasteiger partial charge on any atom is -0.316 e. The Labute approximate surface area is 139 Å². The van der Waals surface area contributed by atoms with Crippen LogP contribution in [-0.4, -0.2) is 68.1 Å². The summed E-state index contributed by atoms with van der Waals surface area (Å²) in [5.74, 6) is -2.27. The highest BCUT2D eigenvalue weighted by molar-refractivity contribution is 8.05. The third-order valence-electron chi connectivity index (χ3n) is 4.11. The van der Waals surface area contributed by atoms with Gasteiger partial charge < -0.3 is 4.48 Å². The standard InChI is InChI=1S/C10H15F6N2O5S2/c1-3-18(2)6-4-5-7(18)8(19)17(24(20,21)9(11,12)13)25(22,23)10(14,15)16/h7H,3-6H2,1-2H3/q+1. The largest absolute Gasteiger partial charge is 0.517 e. The minimum atomic E-state index is -7.11. The molecule has 2 unspecified atom stereocenters. The number of hydrogen-bond donors (Lipinski definition) is 0. The fourth-order valence-electron chi connectivity index (χ4n) is 2.56. The number of sulfonamides is 2. The number of likely N-dealkylation sites (tertiary alicyclic amines) is 1. The summed E-state index contributed by atoms with van der Waals surface area (Å²) >= 11 is 0. The number of likely N-dealkylation sites (N-methyl/N-ethyl adjacent to an activating group) is 1. The minimum absolute atomic E-state index is 0.0718. The Hall–Kier alpha value is -1.09. The normalized spacial score (nSPS) is 25.8. The van der Waals surface area contributed by atoms with E-state index >= 15 is 0 Å². The number of nitrogens with zero attached hydrogens (tertiary/aromatic N) is 2. The first-order valence-electron chi connectivity index (χ1n) is 6.74. The number of alkyl halides is 6. The highest BCUT2D eigenvalue weighted by Crippen LogP contribution is 2.38. The molecule has 1 amide bonds. The van der Waals surface area contributed by atoms with E-state index in [1.165, 1.54) is 14.0 Å². The molecule has 2 atom stereocenters. The molecule has 0 aromatic carbocycles. The zero-order valence-electron chi connectivity index (χ0n) is 12.9. The Morgan fingerprint density at radius 2 is 1.44 bits per heavy atom. The summed E-state index contributed by atoms with van der Waals surface area (Å²) in [6.45, 7) is 1.72. The van der Waals surface area contributed by atoms with Crippen LogP contribution in [0.5, 0.6) is 0 Å².